The molecule has 2 aromatic carbocycles. The maximum Gasteiger partial charge on any atom is 0.306 e. The summed E-state index contributed by atoms with van der Waals surface area (Å²) in [7, 11) is 0. The molecule has 1 saturated heterocycles. The predicted octanol–water partition coefficient (Wildman–Crippen LogP) is 7.79. The fourth-order valence-corrected chi connectivity index (χ4v) is 6.72. The molecule has 3 heterocycles. The summed E-state index contributed by atoms with van der Waals surface area (Å²) < 4.78 is 2.35. The van der Waals surface area contributed by atoms with Crippen LogP contribution in [0.25, 0.3) is 22.2 Å². The van der Waals surface area contributed by atoms with Crippen molar-refractivity contribution in [3.63, 3.8) is 0 Å². The lowest BCUT2D eigenvalue weighted by molar-refractivity contribution is -0.143. The van der Waals surface area contributed by atoms with E-state index in [1.807, 2.05) is 0 Å². The number of aliphatic carboxylic acids is 1. The van der Waals surface area contributed by atoms with Crippen LogP contribution in [-0.4, -0.2) is 38.6 Å². The highest BCUT2D eigenvalue weighted by molar-refractivity contribution is 7.09. The average Bonchev–Trinajstić information content (AvgIpc) is 3.54. The van der Waals surface area contributed by atoms with Crippen molar-refractivity contribution in [1.29, 1.82) is 0 Å². The third-order valence-corrected chi connectivity index (χ3v) is 8.82. The standard InChI is InChI=1S/C32H39N3O2S/c1-3-7-24(8-4-2)25-13-11-23(12-14-25)19-35-20-28(27-9-5-6-10-30(27)35)29-22-38-31(33-29)21-34-17-15-26(16-18-34)32(36)37/h5-6,9-14,20,22,24,26H,3-4,7-8,15-19,21H2,1-2H3,(H,36,37). The van der Waals surface area contributed by atoms with Crippen molar-refractivity contribution in [2.24, 2.45) is 5.92 Å². The Labute approximate surface area is 230 Å². The number of piperidine rings is 1. The summed E-state index contributed by atoms with van der Waals surface area (Å²) in [6, 6.07) is 17.9. The van der Waals surface area contributed by atoms with Gasteiger partial charge in [-0.1, -0.05) is 69.2 Å². The minimum absolute atomic E-state index is 0.199. The van der Waals surface area contributed by atoms with Gasteiger partial charge in [0.1, 0.15) is 5.01 Å². The number of carboxylic acids is 1. The molecule has 5 rings (SSSR count). The maximum atomic E-state index is 11.3. The van der Waals surface area contributed by atoms with Crippen LogP contribution in [0.1, 0.15) is 74.4 Å². The normalized spacial score (nSPS) is 15.0. The molecule has 38 heavy (non-hydrogen) atoms. The van der Waals surface area contributed by atoms with Crippen molar-refractivity contribution in [2.75, 3.05) is 13.1 Å². The third kappa shape index (κ3) is 6.02. The first kappa shape index (κ1) is 26.6. The fourth-order valence-electron chi connectivity index (χ4n) is 5.88. The summed E-state index contributed by atoms with van der Waals surface area (Å²) in [6.07, 6.45) is 8.68. The number of benzene rings is 2. The number of carbonyl (C=O) groups is 1. The van der Waals surface area contributed by atoms with Gasteiger partial charge in [0.25, 0.3) is 0 Å². The van der Waals surface area contributed by atoms with Crippen LogP contribution >= 0.6 is 11.3 Å². The molecule has 0 unspecified atom stereocenters. The molecule has 2 aromatic heterocycles. The van der Waals surface area contributed by atoms with Crippen molar-refractivity contribution in [1.82, 2.24) is 14.5 Å². The zero-order valence-corrected chi connectivity index (χ0v) is 23.4. The van der Waals surface area contributed by atoms with Crippen LogP contribution < -0.4 is 0 Å². The summed E-state index contributed by atoms with van der Waals surface area (Å²) in [5, 5.41) is 13.8. The van der Waals surface area contributed by atoms with Crippen molar-refractivity contribution >= 4 is 28.2 Å². The van der Waals surface area contributed by atoms with Gasteiger partial charge in [0.15, 0.2) is 0 Å². The quantitative estimate of drug-likeness (QED) is 0.215. The summed E-state index contributed by atoms with van der Waals surface area (Å²) in [4.78, 5) is 18.6. The monoisotopic (exact) mass is 529 g/mol. The van der Waals surface area contributed by atoms with E-state index in [2.05, 4.69) is 83.4 Å². The summed E-state index contributed by atoms with van der Waals surface area (Å²) in [6.45, 7) is 7.83. The van der Waals surface area contributed by atoms with Gasteiger partial charge in [0.2, 0.25) is 0 Å². The van der Waals surface area contributed by atoms with Crippen molar-refractivity contribution < 1.29 is 9.90 Å². The van der Waals surface area contributed by atoms with Gasteiger partial charge in [-0.25, -0.2) is 4.98 Å². The van der Waals surface area contributed by atoms with E-state index < -0.39 is 5.97 Å². The Morgan fingerprint density at radius 3 is 2.42 bits per heavy atom. The van der Waals surface area contributed by atoms with E-state index in [1.54, 1.807) is 11.3 Å². The highest BCUT2D eigenvalue weighted by Crippen LogP contribution is 2.33. The highest BCUT2D eigenvalue weighted by Gasteiger charge is 2.25. The van der Waals surface area contributed by atoms with Gasteiger partial charge < -0.3 is 9.67 Å². The smallest absolute Gasteiger partial charge is 0.306 e. The second-order valence-electron chi connectivity index (χ2n) is 10.7. The fraction of sp³-hybridized carbons (Fsp3) is 0.438. The zero-order valence-electron chi connectivity index (χ0n) is 22.6. The van der Waals surface area contributed by atoms with Gasteiger partial charge in [-0.3, -0.25) is 9.69 Å². The minimum Gasteiger partial charge on any atom is -0.481 e. The molecule has 4 aromatic rings. The largest absolute Gasteiger partial charge is 0.481 e. The van der Waals surface area contributed by atoms with E-state index in [4.69, 9.17) is 4.98 Å². The van der Waals surface area contributed by atoms with Gasteiger partial charge >= 0.3 is 5.97 Å². The lowest BCUT2D eigenvalue weighted by Crippen LogP contribution is -2.35. The van der Waals surface area contributed by atoms with Crippen LogP contribution in [0.3, 0.4) is 0 Å². The lowest BCUT2D eigenvalue weighted by atomic mass is 9.90. The van der Waals surface area contributed by atoms with Gasteiger partial charge in [-0.15, -0.1) is 11.3 Å². The molecular weight excluding hydrogens is 490 g/mol. The summed E-state index contributed by atoms with van der Waals surface area (Å²) in [5.41, 5.74) is 6.22. The number of fused-ring (bicyclic) bond motifs is 1. The zero-order chi connectivity index (χ0) is 26.5. The van der Waals surface area contributed by atoms with Crippen LogP contribution in [0.5, 0.6) is 0 Å². The Kier molecular flexibility index (Phi) is 8.60. The molecule has 0 saturated carbocycles. The lowest BCUT2D eigenvalue weighted by Gasteiger charge is -2.29. The second-order valence-corrected chi connectivity index (χ2v) is 11.7. The number of hydrogen-bond donors (Lipinski definition) is 1. The van der Waals surface area contributed by atoms with E-state index in [0.29, 0.717) is 5.92 Å². The number of carboxylic acid groups (broad SMARTS) is 1. The molecule has 1 aliphatic heterocycles. The molecule has 0 atom stereocenters. The maximum absolute atomic E-state index is 11.3. The number of nitrogens with zero attached hydrogens (tertiary/aromatic N) is 3. The second kappa shape index (κ2) is 12.3. The Balaban J connectivity index is 1.32. The van der Waals surface area contributed by atoms with Gasteiger partial charge in [0.05, 0.1) is 18.2 Å². The molecule has 0 amide bonds. The molecule has 0 aliphatic carbocycles. The summed E-state index contributed by atoms with van der Waals surface area (Å²) >= 11 is 1.70. The van der Waals surface area contributed by atoms with Gasteiger partial charge in [-0.2, -0.15) is 0 Å². The van der Waals surface area contributed by atoms with Crippen LogP contribution in [0, 0.1) is 5.92 Å². The molecule has 1 aliphatic rings. The molecule has 200 valence electrons. The highest BCUT2D eigenvalue weighted by atomic mass is 32.1. The van der Waals surface area contributed by atoms with Crippen molar-refractivity contribution in [3.8, 4) is 11.3 Å². The minimum atomic E-state index is -0.661. The van der Waals surface area contributed by atoms with Crippen molar-refractivity contribution in [3.05, 3.63) is 76.2 Å². The van der Waals surface area contributed by atoms with Crippen LogP contribution in [0.2, 0.25) is 0 Å². The predicted molar refractivity (Wildman–Crippen MR) is 157 cm³/mol. The Hall–Kier alpha value is -2.96. The first-order valence-electron chi connectivity index (χ1n) is 14.1. The number of likely N-dealkylation sites (tertiary alicyclic amines) is 1. The first-order chi connectivity index (χ1) is 18.6. The van der Waals surface area contributed by atoms with Crippen molar-refractivity contribution in [2.45, 2.75) is 71.4 Å². The molecule has 0 spiro atoms. The Bertz CT molecular complexity index is 1340. The molecule has 1 fully saturated rings. The van der Waals surface area contributed by atoms with Crippen LogP contribution in [-0.2, 0) is 17.9 Å². The van der Waals surface area contributed by atoms with E-state index in [9.17, 15) is 9.90 Å². The number of para-hydroxylation sites is 1. The topological polar surface area (TPSA) is 58.4 Å². The van der Waals surface area contributed by atoms with Gasteiger partial charge in [-0.05, 0) is 61.9 Å². The number of hydrogen-bond acceptors (Lipinski definition) is 4. The van der Waals surface area contributed by atoms with E-state index in [0.717, 1.165) is 49.7 Å². The molecule has 6 heteroatoms. The molecular formula is C32H39N3O2S. The Morgan fingerprint density at radius 1 is 1.03 bits per heavy atom. The van der Waals surface area contributed by atoms with E-state index in [-0.39, 0.29) is 5.92 Å². The number of aromatic nitrogens is 2. The number of thiazole rings is 1. The molecule has 0 bridgehead atoms. The van der Waals surface area contributed by atoms with Crippen LogP contribution in [0.4, 0.5) is 0 Å². The molecule has 0 radical (unpaired) electrons. The number of rotatable bonds is 11. The SMILES string of the molecule is CCCC(CCC)c1ccc(Cn2cc(-c3csc(CN4CCC(C(=O)O)CC4)n3)c3ccccc32)cc1. The Morgan fingerprint density at radius 2 is 1.74 bits per heavy atom. The van der Waals surface area contributed by atoms with Gasteiger partial charge in [0, 0.05) is 34.6 Å². The van der Waals surface area contributed by atoms with E-state index in [1.165, 1.54) is 53.3 Å². The van der Waals surface area contributed by atoms with Crippen LogP contribution in [0.15, 0.2) is 60.1 Å². The third-order valence-electron chi connectivity index (χ3n) is 7.99. The first-order valence-corrected chi connectivity index (χ1v) is 15.0. The van der Waals surface area contributed by atoms with E-state index >= 15 is 0 Å². The molecule has 5 nitrogen and oxygen atoms in total. The summed E-state index contributed by atoms with van der Waals surface area (Å²) in [5.74, 6) is -0.194. The average molecular weight is 530 g/mol. The molecule has 1 N–H and O–H groups in total.